The molecule has 2 aromatic rings. The Bertz CT molecular complexity index is 465. The molecule has 0 aliphatic heterocycles. The van der Waals surface area contributed by atoms with Gasteiger partial charge in [0.2, 0.25) is 0 Å². The summed E-state index contributed by atoms with van der Waals surface area (Å²) in [6.07, 6.45) is 6.37. The molecule has 0 spiro atoms. The Labute approximate surface area is 108 Å². The zero-order chi connectivity index (χ0) is 12.8. The molecule has 18 heavy (non-hydrogen) atoms. The maximum Gasteiger partial charge on any atom is 0.115 e. The van der Waals surface area contributed by atoms with E-state index < -0.39 is 0 Å². The van der Waals surface area contributed by atoms with E-state index in [4.69, 9.17) is 0 Å². The summed E-state index contributed by atoms with van der Waals surface area (Å²) in [5.74, 6) is 0. The summed E-state index contributed by atoms with van der Waals surface area (Å²) in [5.41, 5.74) is 3.52. The second-order valence-corrected chi connectivity index (χ2v) is 4.42. The molecule has 0 saturated heterocycles. The van der Waals surface area contributed by atoms with Crippen LogP contribution in [0.25, 0.3) is 11.1 Å². The number of hydrogen-bond acceptors (Lipinski definition) is 3. The summed E-state index contributed by atoms with van der Waals surface area (Å²) in [4.78, 5) is 8.07. The average molecular weight is 241 g/mol. The van der Waals surface area contributed by atoms with E-state index >= 15 is 0 Å². The molecular weight excluding hydrogens is 222 g/mol. The standard InChI is InChI=1S/C15H19N3/c1-3-8-18-12(2)13-4-6-14(7-5-13)15-9-16-11-17-10-15/h4-7,9-12,18H,3,8H2,1-2H3. The van der Waals surface area contributed by atoms with Gasteiger partial charge in [0.25, 0.3) is 0 Å². The number of hydrogen-bond donors (Lipinski definition) is 1. The van der Waals surface area contributed by atoms with Crippen LogP contribution in [-0.4, -0.2) is 16.5 Å². The molecule has 94 valence electrons. The minimum atomic E-state index is 0.394. The fourth-order valence-corrected chi connectivity index (χ4v) is 1.89. The maximum absolute atomic E-state index is 4.04. The highest BCUT2D eigenvalue weighted by molar-refractivity contribution is 5.61. The second kappa shape index (κ2) is 6.26. The van der Waals surface area contributed by atoms with Crippen molar-refractivity contribution in [1.29, 1.82) is 0 Å². The largest absolute Gasteiger partial charge is 0.310 e. The first-order chi connectivity index (χ1) is 8.81. The lowest BCUT2D eigenvalue weighted by Crippen LogP contribution is -2.19. The van der Waals surface area contributed by atoms with Crippen LogP contribution in [0.5, 0.6) is 0 Å². The number of benzene rings is 1. The Balaban J connectivity index is 2.10. The second-order valence-electron chi connectivity index (χ2n) is 4.42. The summed E-state index contributed by atoms with van der Waals surface area (Å²) in [6, 6.07) is 8.97. The molecule has 0 saturated carbocycles. The van der Waals surface area contributed by atoms with Gasteiger partial charge in [-0.3, -0.25) is 0 Å². The van der Waals surface area contributed by atoms with Gasteiger partial charge in [-0.2, -0.15) is 0 Å². The summed E-state index contributed by atoms with van der Waals surface area (Å²) < 4.78 is 0. The van der Waals surface area contributed by atoms with Gasteiger partial charge in [-0.15, -0.1) is 0 Å². The van der Waals surface area contributed by atoms with Gasteiger partial charge in [-0.05, 0) is 31.0 Å². The third-order valence-electron chi connectivity index (χ3n) is 3.01. The molecule has 0 bridgehead atoms. The summed E-state index contributed by atoms with van der Waals surface area (Å²) in [6.45, 7) is 5.42. The Kier molecular flexibility index (Phi) is 4.42. The van der Waals surface area contributed by atoms with Gasteiger partial charge >= 0.3 is 0 Å². The highest BCUT2D eigenvalue weighted by atomic mass is 14.9. The molecule has 1 unspecified atom stereocenters. The molecule has 0 fully saturated rings. The topological polar surface area (TPSA) is 37.8 Å². The zero-order valence-electron chi connectivity index (χ0n) is 10.9. The molecule has 3 nitrogen and oxygen atoms in total. The van der Waals surface area contributed by atoms with Crippen LogP contribution in [0.15, 0.2) is 43.0 Å². The van der Waals surface area contributed by atoms with E-state index in [1.807, 2.05) is 12.4 Å². The van der Waals surface area contributed by atoms with Gasteiger partial charge in [-0.1, -0.05) is 31.2 Å². The minimum Gasteiger partial charge on any atom is -0.310 e. The third-order valence-corrected chi connectivity index (χ3v) is 3.01. The molecule has 1 N–H and O–H groups in total. The number of rotatable bonds is 5. The van der Waals surface area contributed by atoms with Crippen molar-refractivity contribution < 1.29 is 0 Å². The SMILES string of the molecule is CCCNC(C)c1ccc(-c2cncnc2)cc1. The Morgan fingerprint density at radius 3 is 2.33 bits per heavy atom. The van der Waals surface area contributed by atoms with Crippen molar-refractivity contribution in [1.82, 2.24) is 15.3 Å². The number of nitrogens with one attached hydrogen (secondary N) is 1. The van der Waals surface area contributed by atoms with Gasteiger partial charge < -0.3 is 5.32 Å². The third kappa shape index (κ3) is 3.14. The lowest BCUT2D eigenvalue weighted by Gasteiger charge is -2.14. The van der Waals surface area contributed by atoms with Crippen molar-refractivity contribution in [2.75, 3.05) is 6.54 Å². The van der Waals surface area contributed by atoms with Gasteiger partial charge in [0.1, 0.15) is 6.33 Å². The summed E-state index contributed by atoms with van der Waals surface area (Å²) in [5, 5.41) is 3.48. The normalized spacial score (nSPS) is 12.3. The van der Waals surface area contributed by atoms with E-state index in [9.17, 15) is 0 Å². The molecule has 2 rings (SSSR count). The maximum atomic E-state index is 4.04. The predicted octanol–water partition coefficient (Wildman–Crippen LogP) is 3.20. The fourth-order valence-electron chi connectivity index (χ4n) is 1.89. The highest BCUT2D eigenvalue weighted by Crippen LogP contribution is 2.20. The van der Waals surface area contributed by atoms with E-state index in [0.717, 1.165) is 24.1 Å². The van der Waals surface area contributed by atoms with Crippen LogP contribution in [0.2, 0.25) is 0 Å². The molecule has 0 amide bonds. The molecule has 0 aliphatic rings. The molecule has 1 atom stereocenters. The van der Waals surface area contributed by atoms with Crippen LogP contribution in [0.4, 0.5) is 0 Å². The smallest absolute Gasteiger partial charge is 0.115 e. The van der Waals surface area contributed by atoms with Crippen molar-refractivity contribution in [3.63, 3.8) is 0 Å². The molecule has 1 aromatic carbocycles. The first-order valence-electron chi connectivity index (χ1n) is 6.40. The molecule has 1 heterocycles. The first kappa shape index (κ1) is 12.7. The van der Waals surface area contributed by atoms with Crippen LogP contribution in [-0.2, 0) is 0 Å². The van der Waals surface area contributed by atoms with Crippen LogP contribution < -0.4 is 5.32 Å². The van der Waals surface area contributed by atoms with Crippen LogP contribution in [0.1, 0.15) is 31.9 Å². The molecule has 1 aromatic heterocycles. The van der Waals surface area contributed by atoms with Crippen LogP contribution in [0.3, 0.4) is 0 Å². The molecule has 3 heteroatoms. The Morgan fingerprint density at radius 1 is 1.06 bits per heavy atom. The molecule has 0 radical (unpaired) electrons. The molecule has 0 aliphatic carbocycles. The van der Waals surface area contributed by atoms with Gasteiger partial charge in [0, 0.05) is 24.0 Å². The van der Waals surface area contributed by atoms with Crippen LogP contribution >= 0.6 is 0 Å². The summed E-state index contributed by atoms with van der Waals surface area (Å²) in [7, 11) is 0. The quantitative estimate of drug-likeness (QED) is 0.873. The van der Waals surface area contributed by atoms with E-state index in [2.05, 4.69) is 53.4 Å². The fraction of sp³-hybridized carbons (Fsp3) is 0.333. The summed E-state index contributed by atoms with van der Waals surface area (Å²) >= 11 is 0. The van der Waals surface area contributed by atoms with Gasteiger partial charge in [0.05, 0.1) is 0 Å². The highest BCUT2D eigenvalue weighted by Gasteiger charge is 2.04. The van der Waals surface area contributed by atoms with Crippen molar-refractivity contribution in [2.45, 2.75) is 26.3 Å². The Hall–Kier alpha value is -1.74. The van der Waals surface area contributed by atoms with Crippen molar-refractivity contribution >= 4 is 0 Å². The zero-order valence-corrected chi connectivity index (χ0v) is 10.9. The van der Waals surface area contributed by atoms with Gasteiger partial charge in [-0.25, -0.2) is 9.97 Å². The van der Waals surface area contributed by atoms with E-state index in [-0.39, 0.29) is 0 Å². The van der Waals surface area contributed by atoms with E-state index in [1.165, 1.54) is 5.56 Å². The minimum absolute atomic E-state index is 0.394. The number of nitrogens with zero attached hydrogens (tertiary/aromatic N) is 2. The predicted molar refractivity (Wildman–Crippen MR) is 74.2 cm³/mol. The van der Waals surface area contributed by atoms with Gasteiger partial charge in [0.15, 0.2) is 0 Å². The van der Waals surface area contributed by atoms with E-state index in [1.54, 1.807) is 6.33 Å². The first-order valence-corrected chi connectivity index (χ1v) is 6.40. The monoisotopic (exact) mass is 241 g/mol. The van der Waals surface area contributed by atoms with E-state index in [0.29, 0.717) is 6.04 Å². The molecular formula is C15H19N3. The van der Waals surface area contributed by atoms with Crippen molar-refractivity contribution in [2.24, 2.45) is 0 Å². The number of aromatic nitrogens is 2. The van der Waals surface area contributed by atoms with Crippen molar-refractivity contribution in [3.8, 4) is 11.1 Å². The lowest BCUT2D eigenvalue weighted by atomic mass is 10.0. The van der Waals surface area contributed by atoms with Crippen molar-refractivity contribution in [3.05, 3.63) is 48.5 Å². The Morgan fingerprint density at radius 2 is 1.72 bits per heavy atom. The lowest BCUT2D eigenvalue weighted by molar-refractivity contribution is 0.571. The average Bonchev–Trinajstić information content (AvgIpc) is 2.46. The van der Waals surface area contributed by atoms with Crippen LogP contribution in [0, 0.1) is 0 Å².